The van der Waals surface area contributed by atoms with E-state index in [-0.39, 0.29) is 35.6 Å². The summed E-state index contributed by atoms with van der Waals surface area (Å²) in [6.45, 7) is 3.27. The van der Waals surface area contributed by atoms with E-state index in [1.165, 1.54) is 7.11 Å². The quantitative estimate of drug-likeness (QED) is 0.683. The lowest BCUT2D eigenvalue weighted by Gasteiger charge is -2.64. The van der Waals surface area contributed by atoms with Gasteiger partial charge >= 0.3 is 5.97 Å². The Morgan fingerprint density at radius 1 is 1.22 bits per heavy atom. The van der Waals surface area contributed by atoms with E-state index in [1.807, 2.05) is 6.92 Å². The van der Waals surface area contributed by atoms with Gasteiger partial charge in [0.25, 0.3) is 0 Å². The maximum Gasteiger partial charge on any atom is 0.306 e. The first kappa shape index (κ1) is 18.6. The Morgan fingerprint density at radius 3 is 2.56 bits per heavy atom. The zero-order chi connectivity index (χ0) is 19.7. The average molecular weight is 378 g/mol. The highest BCUT2D eigenvalue weighted by Gasteiger charge is 2.71. The molecule has 1 aliphatic heterocycles. The molecule has 27 heavy (non-hydrogen) atoms. The van der Waals surface area contributed by atoms with Gasteiger partial charge in [0, 0.05) is 28.2 Å². The minimum Gasteiger partial charge on any atom is -0.493 e. The number of ether oxygens (including phenoxy) is 2. The summed E-state index contributed by atoms with van der Waals surface area (Å²) in [6, 6.07) is 0. The van der Waals surface area contributed by atoms with E-state index in [0.29, 0.717) is 24.8 Å². The van der Waals surface area contributed by atoms with Crippen LogP contribution in [0.4, 0.5) is 0 Å². The summed E-state index contributed by atoms with van der Waals surface area (Å²) >= 11 is 0. The largest absolute Gasteiger partial charge is 0.493 e. The lowest BCUT2D eigenvalue weighted by molar-refractivity contribution is -0.220. The number of ketones is 2. The first-order chi connectivity index (χ1) is 12.7. The SMILES string of the molecule is COC1=C(CO)[C@@H]2CC(=O)O[C@@H]3C[C@H]4CC[C@H](O)C(=O)[C@]4(C)[C@@H](C1=O)[C@@]32C. The van der Waals surface area contributed by atoms with Crippen molar-refractivity contribution in [1.82, 2.24) is 0 Å². The molecule has 0 unspecified atom stereocenters. The second-order valence-electron chi connectivity index (χ2n) is 8.79. The van der Waals surface area contributed by atoms with E-state index in [9.17, 15) is 24.6 Å². The Labute approximate surface area is 157 Å². The molecule has 7 nitrogen and oxygen atoms in total. The van der Waals surface area contributed by atoms with Crippen molar-refractivity contribution in [2.45, 2.75) is 51.7 Å². The van der Waals surface area contributed by atoms with Gasteiger partial charge in [0.2, 0.25) is 5.78 Å². The van der Waals surface area contributed by atoms with Gasteiger partial charge in [-0.25, -0.2) is 0 Å². The molecule has 0 aromatic heterocycles. The van der Waals surface area contributed by atoms with Crippen LogP contribution in [0, 0.1) is 28.6 Å². The Balaban J connectivity index is 1.97. The molecular formula is C20H26O7. The van der Waals surface area contributed by atoms with Gasteiger partial charge in [-0.3, -0.25) is 14.4 Å². The summed E-state index contributed by atoms with van der Waals surface area (Å²) in [6.07, 6.45) is -0.108. The van der Waals surface area contributed by atoms with Crippen molar-refractivity contribution in [3.8, 4) is 0 Å². The second kappa shape index (κ2) is 5.88. The third-order valence-corrected chi connectivity index (χ3v) is 7.85. The molecule has 3 aliphatic carbocycles. The van der Waals surface area contributed by atoms with Gasteiger partial charge < -0.3 is 19.7 Å². The number of rotatable bonds is 2. The van der Waals surface area contributed by atoms with Crippen molar-refractivity contribution < 1.29 is 34.1 Å². The molecule has 2 saturated carbocycles. The van der Waals surface area contributed by atoms with Crippen LogP contribution in [0.5, 0.6) is 0 Å². The van der Waals surface area contributed by atoms with Crippen molar-refractivity contribution in [2.75, 3.05) is 13.7 Å². The number of aliphatic hydroxyl groups excluding tert-OH is 2. The fourth-order valence-corrected chi connectivity index (χ4v) is 6.54. The number of esters is 1. The highest BCUT2D eigenvalue weighted by molar-refractivity contribution is 6.04. The molecule has 0 spiro atoms. The second-order valence-corrected chi connectivity index (χ2v) is 8.79. The molecule has 0 aromatic carbocycles. The predicted octanol–water partition coefficient (Wildman–Crippen LogP) is 0.766. The number of fused-ring (bicyclic) bond motifs is 2. The third kappa shape index (κ3) is 2.12. The van der Waals surface area contributed by atoms with Crippen LogP contribution in [0.2, 0.25) is 0 Å². The fourth-order valence-electron chi connectivity index (χ4n) is 6.54. The molecule has 1 saturated heterocycles. The first-order valence-electron chi connectivity index (χ1n) is 9.55. The van der Waals surface area contributed by atoms with Crippen molar-refractivity contribution in [2.24, 2.45) is 28.6 Å². The standard InChI is InChI=1S/C20H26O7/c1-19-9(4-5-12(22)18(19)25)6-13-20(2)11(7-14(23)27-13)10(8-21)16(26-3)15(24)17(19)20/h9,11-13,17,21-22H,4-8H2,1-3H3/t9-,11+,12+,13-,17-,19+,20-/m1/s1. The molecule has 0 radical (unpaired) electrons. The molecule has 1 heterocycles. The summed E-state index contributed by atoms with van der Waals surface area (Å²) in [7, 11) is 1.37. The molecule has 148 valence electrons. The van der Waals surface area contributed by atoms with Crippen LogP contribution in [0.1, 0.15) is 39.5 Å². The van der Waals surface area contributed by atoms with Crippen LogP contribution < -0.4 is 0 Å². The summed E-state index contributed by atoms with van der Waals surface area (Å²) < 4.78 is 11.0. The van der Waals surface area contributed by atoms with E-state index in [4.69, 9.17) is 9.47 Å². The number of hydrogen-bond acceptors (Lipinski definition) is 7. The zero-order valence-electron chi connectivity index (χ0n) is 15.9. The van der Waals surface area contributed by atoms with Gasteiger partial charge in [0.1, 0.15) is 12.2 Å². The summed E-state index contributed by atoms with van der Waals surface area (Å²) in [4.78, 5) is 39.0. The van der Waals surface area contributed by atoms with Gasteiger partial charge in [0.05, 0.1) is 20.1 Å². The van der Waals surface area contributed by atoms with Crippen molar-refractivity contribution in [3.63, 3.8) is 0 Å². The van der Waals surface area contributed by atoms with Gasteiger partial charge in [-0.1, -0.05) is 13.8 Å². The Kier molecular flexibility index (Phi) is 4.06. The predicted molar refractivity (Wildman–Crippen MR) is 92.2 cm³/mol. The van der Waals surface area contributed by atoms with Crippen LogP contribution in [-0.2, 0) is 23.9 Å². The van der Waals surface area contributed by atoms with Gasteiger partial charge in [-0.05, 0) is 25.2 Å². The molecule has 4 aliphatic rings. The monoisotopic (exact) mass is 378 g/mol. The summed E-state index contributed by atoms with van der Waals surface area (Å²) in [5.41, 5.74) is -1.45. The van der Waals surface area contributed by atoms with Crippen LogP contribution >= 0.6 is 0 Å². The number of carbonyl (C=O) groups is 3. The molecule has 7 heteroatoms. The Hall–Kier alpha value is -1.73. The lowest BCUT2D eigenvalue weighted by atomic mass is 9.40. The number of allylic oxidation sites excluding steroid dienone is 1. The Morgan fingerprint density at radius 2 is 1.93 bits per heavy atom. The highest BCUT2D eigenvalue weighted by atomic mass is 16.5. The van der Waals surface area contributed by atoms with Gasteiger partial charge in [-0.15, -0.1) is 0 Å². The Bertz CT molecular complexity index is 755. The fraction of sp³-hybridized carbons (Fsp3) is 0.750. The van der Waals surface area contributed by atoms with Crippen molar-refractivity contribution in [3.05, 3.63) is 11.3 Å². The van der Waals surface area contributed by atoms with Crippen molar-refractivity contribution in [1.29, 1.82) is 0 Å². The minimum absolute atomic E-state index is 0.0387. The molecule has 3 fully saturated rings. The van der Waals surface area contributed by atoms with Crippen LogP contribution in [0.15, 0.2) is 11.3 Å². The first-order valence-corrected chi connectivity index (χ1v) is 9.55. The summed E-state index contributed by atoms with van der Waals surface area (Å²) in [5.74, 6) is -2.31. The number of methoxy groups -OCH3 is 1. The van der Waals surface area contributed by atoms with Crippen LogP contribution in [0.3, 0.4) is 0 Å². The number of aliphatic hydroxyl groups is 2. The van der Waals surface area contributed by atoms with E-state index < -0.39 is 41.5 Å². The van der Waals surface area contributed by atoms with E-state index >= 15 is 0 Å². The molecule has 0 bridgehead atoms. The number of carbonyl (C=O) groups excluding carboxylic acids is 3. The lowest BCUT2D eigenvalue weighted by Crippen LogP contribution is -2.69. The number of hydrogen-bond donors (Lipinski definition) is 2. The van der Waals surface area contributed by atoms with E-state index in [0.717, 1.165) is 0 Å². The highest BCUT2D eigenvalue weighted by Crippen LogP contribution is 2.66. The van der Waals surface area contributed by atoms with Gasteiger partial charge in [-0.2, -0.15) is 0 Å². The molecule has 7 atom stereocenters. The average Bonchev–Trinajstić information content (AvgIpc) is 2.62. The van der Waals surface area contributed by atoms with Gasteiger partial charge in [0.15, 0.2) is 11.5 Å². The topological polar surface area (TPSA) is 110 Å². The normalized spacial score (nSPS) is 46.6. The summed E-state index contributed by atoms with van der Waals surface area (Å²) in [5, 5.41) is 20.2. The van der Waals surface area contributed by atoms with Crippen molar-refractivity contribution >= 4 is 17.5 Å². The van der Waals surface area contributed by atoms with E-state index in [2.05, 4.69) is 0 Å². The maximum absolute atomic E-state index is 13.5. The zero-order valence-corrected chi connectivity index (χ0v) is 15.9. The molecule has 0 aromatic rings. The minimum atomic E-state index is -1.09. The maximum atomic E-state index is 13.5. The molecule has 0 amide bonds. The molecule has 4 rings (SSSR count). The third-order valence-electron chi connectivity index (χ3n) is 7.85. The van der Waals surface area contributed by atoms with E-state index in [1.54, 1.807) is 6.92 Å². The number of Topliss-reactive ketones (excluding diaryl/α,β-unsaturated/α-hetero) is 2. The van der Waals surface area contributed by atoms with Crippen LogP contribution in [0.25, 0.3) is 0 Å². The van der Waals surface area contributed by atoms with Crippen LogP contribution in [-0.4, -0.2) is 53.7 Å². The molecule has 2 N–H and O–H groups in total. The molecular weight excluding hydrogens is 352 g/mol. The smallest absolute Gasteiger partial charge is 0.306 e.